The van der Waals surface area contributed by atoms with Gasteiger partial charge in [-0.2, -0.15) is 0 Å². The van der Waals surface area contributed by atoms with Crippen molar-refractivity contribution in [2.45, 2.75) is 13.3 Å². The Morgan fingerprint density at radius 3 is 2.82 bits per heavy atom. The predicted octanol–water partition coefficient (Wildman–Crippen LogP) is 2.86. The third-order valence-electron chi connectivity index (χ3n) is 2.41. The largest absolute Gasteiger partial charge is 0.292 e. The molecule has 0 saturated carbocycles. The maximum absolute atomic E-state index is 11.9. The van der Waals surface area contributed by atoms with Crippen molar-refractivity contribution in [3.05, 3.63) is 58.6 Å². The van der Waals surface area contributed by atoms with Gasteiger partial charge in [-0.05, 0) is 24.1 Å². The summed E-state index contributed by atoms with van der Waals surface area (Å²) in [7, 11) is 0. The third kappa shape index (κ3) is 2.88. The Bertz CT molecular complexity index is 540. The normalized spacial score (nSPS) is 10.2. The van der Waals surface area contributed by atoms with E-state index in [-0.39, 0.29) is 12.2 Å². The van der Waals surface area contributed by atoms with E-state index in [9.17, 15) is 4.79 Å². The summed E-state index contributed by atoms with van der Waals surface area (Å²) in [5.74, 6) is -0.0798. The number of hydrogen-bond donors (Lipinski definition) is 0. The van der Waals surface area contributed by atoms with E-state index < -0.39 is 0 Å². The van der Waals surface area contributed by atoms with Gasteiger partial charge in [-0.25, -0.2) is 4.98 Å². The zero-order chi connectivity index (χ0) is 12.3. The van der Waals surface area contributed by atoms with Crippen molar-refractivity contribution < 1.29 is 4.79 Å². The van der Waals surface area contributed by atoms with E-state index in [4.69, 9.17) is 11.6 Å². The van der Waals surface area contributed by atoms with Crippen LogP contribution in [-0.4, -0.2) is 15.8 Å². The fourth-order valence-corrected chi connectivity index (χ4v) is 1.80. The Hall–Kier alpha value is -1.74. The van der Waals surface area contributed by atoms with Crippen LogP contribution in [0.2, 0.25) is 5.02 Å². The molecule has 0 bridgehead atoms. The second-order valence-corrected chi connectivity index (χ2v) is 4.19. The average molecular weight is 247 g/mol. The van der Waals surface area contributed by atoms with Gasteiger partial charge < -0.3 is 0 Å². The fraction of sp³-hybridized carbons (Fsp3) is 0.154. The van der Waals surface area contributed by atoms with Crippen molar-refractivity contribution in [2.24, 2.45) is 0 Å². The molecule has 0 aliphatic carbocycles. The highest BCUT2D eigenvalue weighted by Crippen LogP contribution is 2.19. The van der Waals surface area contributed by atoms with E-state index in [1.807, 2.05) is 25.1 Å². The summed E-state index contributed by atoms with van der Waals surface area (Å²) >= 11 is 6.07. The van der Waals surface area contributed by atoms with Crippen molar-refractivity contribution in [3.8, 4) is 0 Å². The lowest BCUT2D eigenvalue weighted by Gasteiger charge is -2.04. The SMILES string of the molecule is Cc1ccc(CC(=O)c2cnccn2)c(Cl)c1. The summed E-state index contributed by atoms with van der Waals surface area (Å²) in [6.07, 6.45) is 4.75. The first-order valence-corrected chi connectivity index (χ1v) is 5.59. The van der Waals surface area contributed by atoms with Crippen molar-refractivity contribution in [2.75, 3.05) is 0 Å². The van der Waals surface area contributed by atoms with Crippen molar-refractivity contribution in [1.82, 2.24) is 9.97 Å². The van der Waals surface area contributed by atoms with Crippen LogP contribution in [0.3, 0.4) is 0 Å². The number of aromatic nitrogens is 2. The number of carbonyl (C=O) groups is 1. The minimum absolute atomic E-state index is 0.0798. The standard InChI is InChI=1S/C13H11ClN2O/c1-9-2-3-10(11(14)6-9)7-13(17)12-8-15-4-5-16-12/h2-6,8H,7H2,1H3. The monoisotopic (exact) mass is 246 g/mol. The first-order valence-electron chi connectivity index (χ1n) is 5.21. The molecule has 0 saturated heterocycles. The molecule has 4 heteroatoms. The third-order valence-corrected chi connectivity index (χ3v) is 2.76. The minimum Gasteiger partial charge on any atom is -0.292 e. The molecule has 86 valence electrons. The number of aryl methyl sites for hydroxylation is 1. The summed E-state index contributed by atoms with van der Waals surface area (Å²) in [5.41, 5.74) is 2.25. The van der Waals surface area contributed by atoms with Gasteiger partial charge in [-0.1, -0.05) is 23.7 Å². The van der Waals surface area contributed by atoms with Crippen LogP contribution in [0.4, 0.5) is 0 Å². The summed E-state index contributed by atoms with van der Waals surface area (Å²) in [6.45, 7) is 1.96. The molecule has 1 aromatic carbocycles. The molecule has 0 aliphatic rings. The summed E-state index contributed by atoms with van der Waals surface area (Å²) in [4.78, 5) is 19.7. The second kappa shape index (κ2) is 5.06. The topological polar surface area (TPSA) is 42.9 Å². The highest BCUT2D eigenvalue weighted by molar-refractivity contribution is 6.31. The van der Waals surface area contributed by atoms with E-state index in [0.717, 1.165) is 11.1 Å². The molecule has 2 rings (SSSR count). The number of halogens is 1. The maximum atomic E-state index is 11.9. The van der Waals surface area contributed by atoms with Gasteiger partial charge in [0.05, 0.1) is 6.20 Å². The zero-order valence-electron chi connectivity index (χ0n) is 9.35. The van der Waals surface area contributed by atoms with E-state index in [0.29, 0.717) is 10.7 Å². The molecule has 1 aromatic heterocycles. The Kier molecular flexibility index (Phi) is 3.49. The lowest BCUT2D eigenvalue weighted by atomic mass is 10.1. The number of hydrogen-bond acceptors (Lipinski definition) is 3. The molecule has 0 unspecified atom stereocenters. The van der Waals surface area contributed by atoms with Gasteiger partial charge in [0.15, 0.2) is 5.78 Å². The van der Waals surface area contributed by atoms with Gasteiger partial charge in [-0.3, -0.25) is 9.78 Å². The molecule has 0 spiro atoms. The van der Waals surface area contributed by atoms with E-state index in [1.165, 1.54) is 18.6 Å². The molecule has 1 heterocycles. The highest BCUT2D eigenvalue weighted by Gasteiger charge is 2.10. The Balaban J connectivity index is 2.19. The Morgan fingerprint density at radius 1 is 1.35 bits per heavy atom. The Labute approximate surface area is 104 Å². The molecule has 0 atom stereocenters. The van der Waals surface area contributed by atoms with Crippen LogP contribution >= 0.6 is 11.6 Å². The van der Waals surface area contributed by atoms with Gasteiger partial charge in [0.25, 0.3) is 0 Å². The predicted molar refractivity (Wildman–Crippen MR) is 66.3 cm³/mol. The van der Waals surface area contributed by atoms with Crippen LogP contribution in [0.25, 0.3) is 0 Å². The molecule has 3 nitrogen and oxygen atoms in total. The molecule has 17 heavy (non-hydrogen) atoms. The van der Waals surface area contributed by atoms with Gasteiger partial charge in [0.1, 0.15) is 5.69 Å². The van der Waals surface area contributed by atoms with Gasteiger partial charge in [0.2, 0.25) is 0 Å². The van der Waals surface area contributed by atoms with Crippen LogP contribution in [0.5, 0.6) is 0 Å². The van der Waals surface area contributed by atoms with Gasteiger partial charge in [-0.15, -0.1) is 0 Å². The van der Waals surface area contributed by atoms with Crippen molar-refractivity contribution >= 4 is 17.4 Å². The zero-order valence-corrected chi connectivity index (χ0v) is 10.1. The number of ketones is 1. The quantitative estimate of drug-likeness (QED) is 0.782. The maximum Gasteiger partial charge on any atom is 0.187 e. The van der Waals surface area contributed by atoms with Crippen LogP contribution in [0, 0.1) is 6.92 Å². The second-order valence-electron chi connectivity index (χ2n) is 3.79. The molecule has 2 aromatic rings. The van der Waals surface area contributed by atoms with Crippen molar-refractivity contribution in [3.63, 3.8) is 0 Å². The molecular weight excluding hydrogens is 236 g/mol. The lowest BCUT2D eigenvalue weighted by molar-refractivity contribution is 0.0988. The smallest absolute Gasteiger partial charge is 0.187 e. The molecule has 0 amide bonds. The van der Waals surface area contributed by atoms with E-state index in [2.05, 4.69) is 9.97 Å². The molecular formula is C13H11ClN2O. The first kappa shape index (κ1) is 11.7. The molecule has 0 radical (unpaired) electrons. The van der Waals surface area contributed by atoms with Crippen LogP contribution in [0.15, 0.2) is 36.8 Å². The minimum atomic E-state index is -0.0798. The average Bonchev–Trinajstić information content (AvgIpc) is 2.34. The lowest BCUT2D eigenvalue weighted by Crippen LogP contribution is -2.06. The summed E-state index contributed by atoms with van der Waals surface area (Å²) in [5, 5.41) is 0.613. The van der Waals surface area contributed by atoms with Gasteiger partial charge >= 0.3 is 0 Å². The number of benzene rings is 1. The first-order chi connectivity index (χ1) is 8.16. The van der Waals surface area contributed by atoms with E-state index >= 15 is 0 Å². The number of rotatable bonds is 3. The van der Waals surface area contributed by atoms with Crippen LogP contribution in [-0.2, 0) is 6.42 Å². The number of nitrogens with zero attached hydrogens (tertiary/aromatic N) is 2. The summed E-state index contributed by atoms with van der Waals surface area (Å²) in [6, 6.07) is 5.65. The molecule has 0 aliphatic heterocycles. The van der Waals surface area contributed by atoms with Crippen molar-refractivity contribution in [1.29, 1.82) is 0 Å². The molecule has 0 N–H and O–H groups in total. The highest BCUT2D eigenvalue weighted by atomic mass is 35.5. The van der Waals surface area contributed by atoms with E-state index in [1.54, 1.807) is 0 Å². The fourth-order valence-electron chi connectivity index (χ4n) is 1.50. The number of carbonyl (C=O) groups excluding carboxylic acids is 1. The Morgan fingerprint density at radius 2 is 2.18 bits per heavy atom. The van der Waals surface area contributed by atoms with Crippen LogP contribution in [0.1, 0.15) is 21.6 Å². The van der Waals surface area contributed by atoms with Gasteiger partial charge in [0, 0.05) is 23.8 Å². The number of Topliss-reactive ketones (excluding diaryl/α,β-unsaturated/α-hetero) is 1. The van der Waals surface area contributed by atoms with Crippen LogP contribution < -0.4 is 0 Å². The molecule has 0 fully saturated rings. The summed E-state index contributed by atoms with van der Waals surface area (Å²) < 4.78 is 0.